The predicted molar refractivity (Wildman–Crippen MR) is 194 cm³/mol. The van der Waals surface area contributed by atoms with Crippen molar-refractivity contribution in [2.75, 3.05) is 24.4 Å². The van der Waals surface area contributed by atoms with Crippen LogP contribution in [0.3, 0.4) is 0 Å². The van der Waals surface area contributed by atoms with Crippen LogP contribution in [0, 0.1) is 25.2 Å². The van der Waals surface area contributed by atoms with E-state index in [0.717, 1.165) is 42.4 Å². The molecule has 0 radical (unpaired) electrons. The summed E-state index contributed by atoms with van der Waals surface area (Å²) in [5.41, 5.74) is 3.15. The molecule has 1 saturated heterocycles. The fraction of sp³-hybridized carbons (Fsp3) is 0.526. The van der Waals surface area contributed by atoms with Gasteiger partial charge in [0.2, 0.25) is 11.8 Å². The molecule has 1 atom stereocenters. The van der Waals surface area contributed by atoms with Gasteiger partial charge in [-0.05, 0) is 107 Å². The van der Waals surface area contributed by atoms with E-state index in [1.807, 2.05) is 57.7 Å². The maximum Gasteiger partial charge on any atom is 0.410 e. The minimum absolute atomic E-state index is 0. The summed E-state index contributed by atoms with van der Waals surface area (Å²) in [7, 11) is -4.15. The summed E-state index contributed by atoms with van der Waals surface area (Å²) in [6.45, 7) is 15.2. The molecule has 3 heterocycles. The number of aromatic nitrogens is 2. The van der Waals surface area contributed by atoms with E-state index in [1.54, 1.807) is 23.1 Å². The van der Waals surface area contributed by atoms with Gasteiger partial charge in [-0.2, -0.15) is 4.98 Å². The summed E-state index contributed by atoms with van der Waals surface area (Å²) in [4.78, 5) is 40.1. The highest BCUT2D eigenvalue weighted by molar-refractivity contribution is 7.92. The molecule has 12 heteroatoms. The van der Waals surface area contributed by atoms with E-state index in [1.165, 1.54) is 12.1 Å². The molecule has 270 valence electrons. The van der Waals surface area contributed by atoms with Crippen molar-refractivity contribution < 1.29 is 28.9 Å². The lowest BCUT2D eigenvalue weighted by Crippen LogP contribution is -2.60. The number of hydrogen-bond acceptors (Lipinski definition) is 8. The molecule has 6 rings (SSSR count). The Hall–Kier alpha value is -4.19. The van der Waals surface area contributed by atoms with Crippen LogP contribution >= 0.6 is 0 Å². The molecular weight excluding hydrogens is 655 g/mol. The van der Waals surface area contributed by atoms with Crippen molar-refractivity contribution in [1.29, 1.82) is 0 Å². The van der Waals surface area contributed by atoms with Gasteiger partial charge in [-0.3, -0.25) is 4.79 Å². The van der Waals surface area contributed by atoms with Gasteiger partial charge in [-0.15, -0.1) is 0 Å². The van der Waals surface area contributed by atoms with E-state index in [0.29, 0.717) is 30.8 Å². The smallest absolute Gasteiger partial charge is 0.410 e. The third-order valence-electron chi connectivity index (χ3n) is 10.1. The molecule has 3 aliphatic rings. The van der Waals surface area contributed by atoms with Gasteiger partial charge in [0.25, 0.3) is 15.9 Å². The summed E-state index contributed by atoms with van der Waals surface area (Å²) < 4.78 is 42.0. The molecule has 2 aromatic carbocycles. The Morgan fingerprint density at radius 2 is 1.72 bits per heavy atom. The van der Waals surface area contributed by atoms with Crippen LogP contribution in [-0.4, -0.2) is 77.6 Å². The highest BCUT2D eigenvalue weighted by Crippen LogP contribution is 2.52. The number of likely N-dealkylation sites (tertiary alicyclic amines) is 1. The Balaban J connectivity index is 0.00000504. The van der Waals surface area contributed by atoms with Crippen LogP contribution in [0.4, 0.5) is 10.7 Å². The molecule has 50 heavy (non-hydrogen) atoms. The molecule has 2 fully saturated rings. The Labute approximate surface area is 297 Å². The number of hydrogen-bond donors (Lipinski definition) is 1. The molecule has 1 aliphatic carbocycles. The van der Waals surface area contributed by atoms with Crippen LogP contribution in [0.2, 0.25) is 0 Å². The average Bonchev–Trinajstić information content (AvgIpc) is 3.01. The van der Waals surface area contributed by atoms with Crippen LogP contribution in [0.25, 0.3) is 11.3 Å². The van der Waals surface area contributed by atoms with Crippen molar-refractivity contribution in [3.8, 4) is 17.1 Å². The number of carbonyl (C=O) groups is 2. The van der Waals surface area contributed by atoms with Crippen LogP contribution in [0.1, 0.15) is 89.6 Å². The molecule has 4 bridgehead atoms. The minimum Gasteiger partial charge on any atom is -0.475 e. The fourth-order valence-corrected chi connectivity index (χ4v) is 8.66. The third kappa shape index (κ3) is 7.60. The first-order valence-electron chi connectivity index (χ1n) is 17.5. The summed E-state index contributed by atoms with van der Waals surface area (Å²) in [5.74, 6) is 0.143. The minimum atomic E-state index is -4.15. The van der Waals surface area contributed by atoms with E-state index >= 15 is 0 Å². The van der Waals surface area contributed by atoms with E-state index in [-0.39, 0.29) is 60.2 Å². The topological polar surface area (TPSA) is 131 Å². The molecule has 0 unspecified atom stereocenters. The summed E-state index contributed by atoms with van der Waals surface area (Å²) in [6, 6.07) is 13.5. The summed E-state index contributed by atoms with van der Waals surface area (Å²) in [5, 5.41) is 0. The first-order chi connectivity index (χ1) is 23.5. The molecule has 3 aromatic rings. The van der Waals surface area contributed by atoms with E-state index in [2.05, 4.69) is 28.5 Å². The van der Waals surface area contributed by atoms with Gasteiger partial charge in [0.1, 0.15) is 12.2 Å². The highest BCUT2D eigenvalue weighted by atomic mass is 32.2. The van der Waals surface area contributed by atoms with Gasteiger partial charge in [-0.25, -0.2) is 22.9 Å². The van der Waals surface area contributed by atoms with Crippen molar-refractivity contribution >= 4 is 28.0 Å². The Morgan fingerprint density at radius 1 is 1.06 bits per heavy atom. The largest absolute Gasteiger partial charge is 0.475 e. The van der Waals surface area contributed by atoms with Gasteiger partial charge in [0, 0.05) is 37.8 Å². The number of fused-ring (bicyclic) bond motifs is 4. The van der Waals surface area contributed by atoms with Crippen molar-refractivity contribution in [2.24, 2.45) is 11.3 Å². The first kappa shape index (κ1) is 35.6. The van der Waals surface area contributed by atoms with Crippen molar-refractivity contribution in [3.63, 3.8) is 0 Å². The summed E-state index contributed by atoms with van der Waals surface area (Å²) in [6.07, 6.45) is 3.65. The number of sulfonamides is 1. The normalized spacial score (nSPS) is 20.6. The Morgan fingerprint density at radius 3 is 2.36 bits per heavy atom. The number of anilines is 1. The van der Waals surface area contributed by atoms with Crippen molar-refractivity contribution in [1.82, 2.24) is 19.8 Å². The quantitative estimate of drug-likeness (QED) is 0.301. The van der Waals surface area contributed by atoms with Gasteiger partial charge in [0.15, 0.2) is 0 Å². The molecule has 1 N–H and O–H groups in total. The zero-order valence-corrected chi connectivity index (χ0v) is 31.0. The summed E-state index contributed by atoms with van der Waals surface area (Å²) >= 11 is 0. The number of piperidine rings is 1. The SMILES string of the molecule is Cc1cccc(C)c1-c1cc2nc(n1)NS(=O)(=O)c1cccc(c1)C(=O)N(C1CC3(CCN(C(=O)OC(C)(C)C)CC3)C1)[C@@H](CC(C)C)CO2.[HH]. The van der Waals surface area contributed by atoms with Crippen LogP contribution in [0.15, 0.2) is 53.4 Å². The molecule has 11 nitrogen and oxygen atoms in total. The zero-order chi connectivity index (χ0) is 36.0. The Bertz CT molecular complexity index is 1860. The number of carbonyl (C=O) groups excluding carboxylic acids is 2. The van der Waals surface area contributed by atoms with Crippen molar-refractivity contribution in [2.45, 2.75) is 103 Å². The number of ether oxygens (including phenoxy) is 2. The average molecular weight is 706 g/mol. The van der Waals surface area contributed by atoms with Gasteiger partial charge in [0.05, 0.1) is 16.6 Å². The van der Waals surface area contributed by atoms with E-state index in [4.69, 9.17) is 9.47 Å². The number of amides is 2. The highest BCUT2D eigenvalue weighted by Gasteiger charge is 2.51. The standard InChI is InChI=1S/C38H49N5O6S.H2/c1-24(2)18-28-23-48-32-20-31(33-25(3)10-8-11-26(33)4)39-35(40-32)41-50(46,47)30-13-9-12-27(19-30)34(44)43(28)29-21-38(22-29)14-16-42(17-15-38)36(45)49-37(5,6)7;/h8-13,19-20,24,28-29H,14-18,21-23H2,1-7H3,(H,39,40,41);1H/t28-;/m0./s1. The van der Waals surface area contributed by atoms with E-state index in [9.17, 15) is 18.0 Å². The monoisotopic (exact) mass is 705 g/mol. The van der Waals surface area contributed by atoms with E-state index < -0.39 is 15.6 Å². The Kier molecular flexibility index (Phi) is 9.62. The van der Waals surface area contributed by atoms with Crippen LogP contribution < -0.4 is 9.46 Å². The first-order valence-corrected chi connectivity index (χ1v) is 19.0. The number of benzene rings is 2. The maximum atomic E-state index is 14.6. The maximum absolute atomic E-state index is 14.6. The van der Waals surface area contributed by atoms with Gasteiger partial charge < -0.3 is 19.3 Å². The predicted octanol–water partition coefficient (Wildman–Crippen LogP) is 7.24. The second-order valence-corrected chi connectivity index (χ2v) is 17.3. The fourth-order valence-electron chi connectivity index (χ4n) is 7.67. The van der Waals surface area contributed by atoms with Crippen LogP contribution in [-0.2, 0) is 14.8 Å². The molecular formula is C38H51N5O6S. The van der Waals surface area contributed by atoms with Crippen molar-refractivity contribution in [3.05, 3.63) is 65.2 Å². The second kappa shape index (κ2) is 13.5. The molecule has 2 aliphatic heterocycles. The third-order valence-corrected chi connectivity index (χ3v) is 11.4. The van der Waals surface area contributed by atoms with Crippen LogP contribution in [0.5, 0.6) is 5.88 Å². The molecule has 1 aromatic heterocycles. The number of nitrogens with zero attached hydrogens (tertiary/aromatic N) is 4. The lowest BCUT2D eigenvalue weighted by molar-refractivity contribution is -0.0555. The number of nitrogens with one attached hydrogen (secondary N) is 1. The molecule has 2 amide bonds. The number of rotatable bonds is 4. The van der Waals surface area contributed by atoms with Gasteiger partial charge in [-0.1, -0.05) is 38.1 Å². The second-order valence-electron chi connectivity index (χ2n) is 15.7. The lowest BCUT2D eigenvalue weighted by Gasteiger charge is -2.56. The molecule has 1 spiro atoms. The zero-order valence-electron chi connectivity index (χ0n) is 30.2. The lowest BCUT2D eigenvalue weighted by atomic mass is 9.59. The molecule has 1 saturated carbocycles. The number of aryl methyl sites for hydroxylation is 2. The van der Waals surface area contributed by atoms with Gasteiger partial charge >= 0.3 is 6.09 Å².